The fourth-order valence-corrected chi connectivity index (χ4v) is 1.67. The van der Waals surface area contributed by atoms with Gasteiger partial charge in [-0.25, -0.2) is 0 Å². The van der Waals surface area contributed by atoms with Crippen LogP contribution in [0.15, 0.2) is 18.2 Å². The molecule has 0 fully saturated rings. The highest BCUT2D eigenvalue weighted by Gasteiger charge is 2.10. The standard InChI is InChI=1S/C14H23NO/c1-10(2)14(9-16)15-8-13-6-5-11(3)12(4)7-13/h5-7,10,14-16H,8-9H2,1-4H3. The number of aryl methyl sites for hydroxylation is 2. The van der Waals surface area contributed by atoms with Crippen LogP contribution in [0.5, 0.6) is 0 Å². The molecular weight excluding hydrogens is 198 g/mol. The number of aliphatic hydroxyl groups excluding tert-OH is 1. The molecule has 2 nitrogen and oxygen atoms in total. The average molecular weight is 221 g/mol. The van der Waals surface area contributed by atoms with E-state index in [1.807, 2.05) is 0 Å². The Morgan fingerprint density at radius 3 is 2.38 bits per heavy atom. The third kappa shape index (κ3) is 3.62. The van der Waals surface area contributed by atoms with Crippen molar-refractivity contribution in [2.24, 2.45) is 5.92 Å². The van der Waals surface area contributed by atoms with Gasteiger partial charge in [-0.15, -0.1) is 0 Å². The predicted octanol–water partition coefficient (Wildman–Crippen LogP) is 2.41. The van der Waals surface area contributed by atoms with E-state index in [-0.39, 0.29) is 12.6 Å². The zero-order valence-electron chi connectivity index (χ0n) is 10.7. The van der Waals surface area contributed by atoms with Crippen molar-refractivity contribution < 1.29 is 5.11 Å². The highest BCUT2D eigenvalue weighted by molar-refractivity contribution is 5.29. The fourth-order valence-electron chi connectivity index (χ4n) is 1.67. The number of nitrogens with one attached hydrogen (secondary N) is 1. The average Bonchev–Trinajstić information content (AvgIpc) is 2.23. The van der Waals surface area contributed by atoms with Crippen LogP contribution in [0.2, 0.25) is 0 Å². The molecule has 1 unspecified atom stereocenters. The van der Waals surface area contributed by atoms with E-state index >= 15 is 0 Å². The summed E-state index contributed by atoms with van der Waals surface area (Å²) in [6, 6.07) is 6.68. The summed E-state index contributed by atoms with van der Waals surface area (Å²) in [5.74, 6) is 0.455. The van der Waals surface area contributed by atoms with Gasteiger partial charge in [-0.05, 0) is 36.5 Å². The Hall–Kier alpha value is -0.860. The zero-order chi connectivity index (χ0) is 12.1. The molecule has 0 saturated heterocycles. The molecule has 2 N–H and O–H groups in total. The lowest BCUT2D eigenvalue weighted by atomic mass is 10.0. The van der Waals surface area contributed by atoms with Gasteiger partial charge in [0.15, 0.2) is 0 Å². The minimum Gasteiger partial charge on any atom is -0.395 e. The lowest BCUT2D eigenvalue weighted by Gasteiger charge is -2.20. The van der Waals surface area contributed by atoms with Crippen LogP contribution in [0.1, 0.15) is 30.5 Å². The molecule has 2 heteroatoms. The van der Waals surface area contributed by atoms with E-state index in [0.717, 1.165) is 6.54 Å². The van der Waals surface area contributed by atoms with E-state index in [2.05, 4.69) is 51.2 Å². The molecule has 0 heterocycles. The minimum absolute atomic E-state index is 0.182. The van der Waals surface area contributed by atoms with Crippen LogP contribution in [0, 0.1) is 19.8 Å². The molecule has 1 aromatic rings. The van der Waals surface area contributed by atoms with E-state index in [1.54, 1.807) is 0 Å². The summed E-state index contributed by atoms with van der Waals surface area (Å²) >= 11 is 0. The van der Waals surface area contributed by atoms with Gasteiger partial charge < -0.3 is 10.4 Å². The van der Waals surface area contributed by atoms with Crippen LogP contribution in [0.25, 0.3) is 0 Å². The second-order valence-electron chi connectivity index (χ2n) is 4.83. The summed E-state index contributed by atoms with van der Waals surface area (Å²) in [4.78, 5) is 0. The Labute approximate surface area is 98.7 Å². The lowest BCUT2D eigenvalue weighted by molar-refractivity contribution is 0.210. The van der Waals surface area contributed by atoms with Crippen molar-refractivity contribution in [1.29, 1.82) is 0 Å². The molecule has 0 aromatic heterocycles. The number of aliphatic hydroxyl groups is 1. The SMILES string of the molecule is Cc1ccc(CNC(CO)C(C)C)cc1C. The van der Waals surface area contributed by atoms with Crippen LogP contribution < -0.4 is 5.32 Å². The van der Waals surface area contributed by atoms with Gasteiger partial charge in [0.2, 0.25) is 0 Å². The van der Waals surface area contributed by atoms with E-state index in [0.29, 0.717) is 5.92 Å². The predicted molar refractivity (Wildman–Crippen MR) is 68.5 cm³/mol. The van der Waals surface area contributed by atoms with Crippen LogP contribution in [-0.2, 0) is 6.54 Å². The molecule has 0 aliphatic rings. The van der Waals surface area contributed by atoms with Gasteiger partial charge in [-0.2, -0.15) is 0 Å². The minimum atomic E-state index is 0.182. The van der Waals surface area contributed by atoms with E-state index in [1.165, 1.54) is 16.7 Å². The lowest BCUT2D eigenvalue weighted by Crippen LogP contribution is -2.36. The summed E-state index contributed by atoms with van der Waals surface area (Å²) in [7, 11) is 0. The molecule has 0 radical (unpaired) electrons. The molecule has 0 bridgehead atoms. The molecule has 0 saturated carbocycles. The molecule has 0 amide bonds. The Bertz CT molecular complexity index is 334. The molecule has 16 heavy (non-hydrogen) atoms. The molecule has 0 aliphatic carbocycles. The second kappa shape index (κ2) is 6.02. The summed E-state index contributed by atoms with van der Waals surface area (Å²) in [5.41, 5.74) is 3.93. The second-order valence-corrected chi connectivity index (χ2v) is 4.83. The number of hydrogen-bond donors (Lipinski definition) is 2. The molecular formula is C14H23NO. The Morgan fingerprint density at radius 2 is 1.88 bits per heavy atom. The maximum atomic E-state index is 9.21. The van der Waals surface area contributed by atoms with Crippen molar-refractivity contribution in [1.82, 2.24) is 5.32 Å². The summed E-state index contributed by atoms with van der Waals surface area (Å²) in [5, 5.41) is 12.6. The van der Waals surface area contributed by atoms with Gasteiger partial charge in [0.25, 0.3) is 0 Å². The Morgan fingerprint density at radius 1 is 1.19 bits per heavy atom. The normalized spacial score (nSPS) is 13.1. The first-order chi connectivity index (χ1) is 7.54. The Balaban J connectivity index is 2.57. The molecule has 0 aliphatic heterocycles. The van der Waals surface area contributed by atoms with Gasteiger partial charge in [0.05, 0.1) is 6.61 Å². The molecule has 90 valence electrons. The van der Waals surface area contributed by atoms with Crippen molar-refractivity contribution in [3.63, 3.8) is 0 Å². The first-order valence-corrected chi connectivity index (χ1v) is 5.95. The third-order valence-corrected chi connectivity index (χ3v) is 3.14. The van der Waals surface area contributed by atoms with Crippen molar-refractivity contribution >= 4 is 0 Å². The first kappa shape index (κ1) is 13.2. The molecule has 0 spiro atoms. The fraction of sp³-hybridized carbons (Fsp3) is 0.571. The van der Waals surface area contributed by atoms with Crippen LogP contribution in [0.3, 0.4) is 0 Å². The van der Waals surface area contributed by atoms with Crippen molar-refractivity contribution in [3.05, 3.63) is 34.9 Å². The van der Waals surface area contributed by atoms with Gasteiger partial charge in [0, 0.05) is 12.6 Å². The Kier molecular flexibility index (Phi) is 4.97. The van der Waals surface area contributed by atoms with Gasteiger partial charge in [-0.1, -0.05) is 32.0 Å². The van der Waals surface area contributed by atoms with E-state index < -0.39 is 0 Å². The van der Waals surface area contributed by atoms with Crippen molar-refractivity contribution in [2.75, 3.05) is 6.61 Å². The smallest absolute Gasteiger partial charge is 0.0587 e. The van der Waals surface area contributed by atoms with Gasteiger partial charge in [-0.3, -0.25) is 0 Å². The monoisotopic (exact) mass is 221 g/mol. The maximum Gasteiger partial charge on any atom is 0.0587 e. The molecule has 1 atom stereocenters. The quantitative estimate of drug-likeness (QED) is 0.800. The van der Waals surface area contributed by atoms with Crippen LogP contribution in [0.4, 0.5) is 0 Å². The highest BCUT2D eigenvalue weighted by atomic mass is 16.3. The zero-order valence-corrected chi connectivity index (χ0v) is 10.7. The van der Waals surface area contributed by atoms with Crippen LogP contribution >= 0.6 is 0 Å². The first-order valence-electron chi connectivity index (χ1n) is 5.95. The van der Waals surface area contributed by atoms with Crippen molar-refractivity contribution in [3.8, 4) is 0 Å². The number of benzene rings is 1. The maximum absolute atomic E-state index is 9.21. The van der Waals surface area contributed by atoms with E-state index in [4.69, 9.17) is 0 Å². The summed E-state index contributed by atoms with van der Waals surface area (Å²) < 4.78 is 0. The third-order valence-electron chi connectivity index (χ3n) is 3.14. The largest absolute Gasteiger partial charge is 0.395 e. The highest BCUT2D eigenvalue weighted by Crippen LogP contribution is 2.10. The van der Waals surface area contributed by atoms with E-state index in [9.17, 15) is 5.11 Å². The van der Waals surface area contributed by atoms with Gasteiger partial charge >= 0.3 is 0 Å². The molecule has 1 rings (SSSR count). The van der Waals surface area contributed by atoms with Gasteiger partial charge in [0.1, 0.15) is 0 Å². The number of hydrogen-bond acceptors (Lipinski definition) is 2. The number of rotatable bonds is 5. The van der Waals surface area contributed by atoms with Crippen LogP contribution in [-0.4, -0.2) is 17.8 Å². The summed E-state index contributed by atoms with van der Waals surface area (Å²) in [6.07, 6.45) is 0. The van der Waals surface area contributed by atoms with Crippen molar-refractivity contribution in [2.45, 2.75) is 40.3 Å². The molecule has 1 aromatic carbocycles. The summed E-state index contributed by atoms with van der Waals surface area (Å²) in [6.45, 7) is 9.51. The topological polar surface area (TPSA) is 32.3 Å².